The maximum atomic E-state index is 4.77. The molecule has 0 aliphatic carbocycles. The van der Waals surface area contributed by atoms with Crippen LogP contribution in [-0.2, 0) is 6.42 Å². The van der Waals surface area contributed by atoms with E-state index in [2.05, 4.69) is 59.2 Å². The summed E-state index contributed by atoms with van der Waals surface area (Å²) in [4.78, 5) is 4.77. The minimum absolute atomic E-state index is 0.937. The van der Waals surface area contributed by atoms with Gasteiger partial charge in [-0.1, -0.05) is 42.8 Å². The van der Waals surface area contributed by atoms with E-state index in [0.717, 1.165) is 47.5 Å². The summed E-state index contributed by atoms with van der Waals surface area (Å²) in [6.45, 7) is 4.27. The highest BCUT2D eigenvalue weighted by Gasteiger charge is 2.12. The van der Waals surface area contributed by atoms with Crippen molar-refractivity contribution >= 4 is 5.65 Å². The van der Waals surface area contributed by atoms with Crippen molar-refractivity contribution in [2.24, 2.45) is 0 Å². The van der Waals surface area contributed by atoms with E-state index in [4.69, 9.17) is 4.98 Å². The van der Waals surface area contributed by atoms with Gasteiger partial charge in [0, 0.05) is 18.0 Å². The number of para-hydroxylation sites is 1. The highest BCUT2D eigenvalue weighted by Crippen LogP contribution is 2.26. The molecular formula is C20H21N5. The molecule has 5 nitrogen and oxygen atoms in total. The van der Waals surface area contributed by atoms with E-state index in [-0.39, 0.29) is 0 Å². The summed E-state index contributed by atoms with van der Waals surface area (Å²) in [5, 5.41) is 8.63. The molecule has 0 aliphatic heterocycles. The predicted octanol–water partition coefficient (Wildman–Crippen LogP) is 4.23. The molecule has 1 aromatic carbocycles. The van der Waals surface area contributed by atoms with E-state index < -0.39 is 0 Å². The van der Waals surface area contributed by atoms with E-state index in [9.17, 15) is 0 Å². The molecule has 0 aliphatic rings. The quantitative estimate of drug-likeness (QED) is 0.550. The lowest BCUT2D eigenvalue weighted by Gasteiger charge is -2.06. The zero-order valence-corrected chi connectivity index (χ0v) is 14.6. The van der Waals surface area contributed by atoms with Crippen molar-refractivity contribution < 1.29 is 0 Å². The third-order valence-electron chi connectivity index (χ3n) is 4.35. The van der Waals surface area contributed by atoms with Crippen molar-refractivity contribution in [2.75, 3.05) is 0 Å². The number of rotatable bonds is 5. The maximum absolute atomic E-state index is 4.77. The highest BCUT2D eigenvalue weighted by molar-refractivity contribution is 5.71. The van der Waals surface area contributed by atoms with Crippen LogP contribution in [0.15, 0.2) is 55.0 Å². The Kier molecular flexibility index (Phi) is 4.06. The largest absolute Gasteiger partial charge is 0.306 e. The van der Waals surface area contributed by atoms with Crippen LogP contribution >= 0.6 is 0 Å². The van der Waals surface area contributed by atoms with E-state index >= 15 is 0 Å². The van der Waals surface area contributed by atoms with Crippen molar-refractivity contribution in [1.82, 2.24) is 24.4 Å². The van der Waals surface area contributed by atoms with Crippen LogP contribution in [-0.4, -0.2) is 24.4 Å². The minimum atomic E-state index is 0.937. The Morgan fingerprint density at radius 3 is 2.76 bits per heavy atom. The third kappa shape index (κ3) is 3.05. The van der Waals surface area contributed by atoms with Crippen molar-refractivity contribution in [3.05, 3.63) is 66.2 Å². The predicted molar refractivity (Wildman–Crippen MR) is 98.9 cm³/mol. The van der Waals surface area contributed by atoms with Crippen molar-refractivity contribution in [3.63, 3.8) is 0 Å². The van der Waals surface area contributed by atoms with Crippen LogP contribution in [0.5, 0.6) is 0 Å². The van der Waals surface area contributed by atoms with Crippen LogP contribution in [0.2, 0.25) is 0 Å². The van der Waals surface area contributed by atoms with Crippen molar-refractivity contribution in [2.45, 2.75) is 33.1 Å². The SMILES string of the molecule is CCCCc1cn(-c2ccccc2-c2cn3cc(C)ccc3n2)nn1. The van der Waals surface area contributed by atoms with Gasteiger partial charge < -0.3 is 4.40 Å². The molecule has 0 radical (unpaired) electrons. The van der Waals surface area contributed by atoms with Gasteiger partial charge in [0.15, 0.2) is 0 Å². The van der Waals surface area contributed by atoms with E-state index in [1.807, 2.05) is 29.1 Å². The number of nitrogens with zero attached hydrogens (tertiary/aromatic N) is 5. The van der Waals surface area contributed by atoms with Gasteiger partial charge in [-0.25, -0.2) is 9.67 Å². The second-order valence-corrected chi connectivity index (χ2v) is 6.37. The first-order valence-electron chi connectivity index (χ1n) is 8.71. The summed E-state index contributed by atoms with van der Waals surface area (Å²) < 4.78 is 3.92. The molecule has 0 saturated heterocycles. The molecule has 0 spiro atoms. The van der Waals surface area contributed by atoms with Crippen LogP contribution < -0.4 is 0 Å². The van der Waals surface area contributed by atoms with Gasteiger partial charge in [0.1, 0.15) is 5.65 Å². The Balaban J connectivity index is 1.76. The zero-order valence-electron chi connectivity index (χ0n) is 14.6. The van der Waals surface area contributed by atoms with Crippen LogP contribution in [0.4, 0.5) is 0 Å². The van der Waals surface area contributed by atoms with Crippen LogP contribution in [0, 0.1) is 6.92 Å². The molecule has 126 valence electrons. The molecule has 4 aromatic rings. The fourth-order valence-electron chi connectivity index (χ4n) is 3.01. The van der Waals surface area contributed by atoms with E-state index in [1.165, 1.54) is 5.56 Å². The molecule has 25 heavy (non-hydrogen) atoms. The van der Waals surface area contributed by atoms with Crippen molar-refractivity contribution in [1.29, 1.82) is 0 Å². The minimum Gasteiger partial charge on any atom is -0.306 e. The number of imidazole rings is 1. The number of fused-ring (bicyclic) bond motifs is 1. The number of benzene rings is 1. The zero-order chi connectivity index (χ0) is 17.2. The van der Waals surface area contributed by atoms with Gasteiger partial charge in [0.05, 0.1) is 23.3 Å². The molecule has 0 saturated carbocycles. The number of aromatic nitrogens is 5. The molecule has 0 atom stereocenters. The van der Waals surface area contributed by atoms with Crippen LogP contribution in [0.3, 0.4) is 0 Å². The second kappa shape index (κ2) is 6.51. The van der Waals surface area contributed by atoms with Crippen LogP contribution in [0.1, 0.15) is 31.0 Å². The molecule has 0 amide bonds. The summed E-state index contributed by atoms with van der Waals surface area (Å²) in [6, 6.07) is 12.3. The highest BCUT2D eigenvalue weighted by atomic mass is 15.4. The van der Waals surface area contributed by atoms with Gasteiger partial charge in [0.25, 0.3) is 0 Å². The Labute approximate surface area is 147 Å². The lowest BCUT2D eigenvalue weighted by Crippen LogP contribution is -1.97. The number of hydrogen-bond acceptors (Lipinski definition) is 3. The first kappa shape index (κ1) is 15.6. The van der Waals surface area contributed by atoms with Gasteiger partial charge in [-0.2, -0.15) is 0 Å². The summed E-state index contributed by atoms with van der Waals surface area (Å²) in [5.41, 5.74) is 6.17. The molecule has 0 unspecified atom stereocenters. The summed E-state index contributed by atoms with van der Waals surface area (Å²) in [7, 11) is 0. The first-order valence-corrected chi connectivity index (χ1v) is 8.71. The van der Waals surface area contributed by atoms with Crippen LogP contribution in [0.25, 0.3) is 22.6 Å². The van der Waals surface area contributed by atoms with Crippen molar-refractivity contribution in [3.8, 4) is 16.9 Å². The number of unbranched alkanes of at least 4 members (excludes halogenated alkanes) is 1. The lowest BCUT2D eigenvalue weighted by atomic mass is 10.1. The average molecular weight is 331 g/mol. The molecule has 3 aromatic heterocycles. The number of hydrogen-bond donors (Lipinski definition) is 0. The number of pyridine rings is 1. The normalized spacial score (nSPS) is 11.3. The monoisotopic (exact) mass is 331 g/mol. The van der Waals surface area contributed by atoms with Gasteiger partial charge in [-0.05, 0) is 37.5 Å². The fourth-order valence-corrected chi connectivity index (χ4v) is 3.01. The molecular weight excluding hydrogens is 310 g/mol. The maximum Gasteiger partial charge on any atom is 0.137 e. The summed E-state index contributed by atoms with van der Waals surface area (Å²) in [5.74, 6) is 0. The molecule has 5 heteroatoms. The molecule has 0 fully saturated rings. The molecule has 3 heterocycles. The fraction of sp³-hybridized carbons (Fsp3) is 0.250. The standard InChI is InChI=1S/C20H21N5/c1-3-4-7-16-13-25(23-22-16)19-9-6-5-8-17(19)18-14-24-12-15(2)10-11-20(24)21-18/h5-6,8-14H,3-4,7H2,1-2H3. The Bertz CT molecular complexity index is 1010. The van der Waals surface area contributed by atoms with E-state index in [1.54, 1.807) is 0 Å². The summed E-state index contributed by atoms with van der Waals surface area (Å²) >= 11 is 0. The lowest BCUT2D eigenvalue weighted by molar-refractivity contribution is 0.761. The Hall–Kier alpha value is -2.95. The Morgan fingerprint density at radius 1 is 1.00 bits per heavy atom. The third-order valence-corrected chi connectivity index (χ3v) is 4.35. The summed E-state index contributed by atoms with van der Waals surface area (Å²) in [6.07, 6.45) is 9.43. The van der Waals surface area contributed by atoms with Gasteiger partial charge in [0.2, 0.25) is 0 Å². The smallest absolute Gasteiger partial charge is 0.137 e. The topological polar surface area (TPSA) is 48.0 Å². The van der Waals surface area contributed by atoms with E-state index in [0.29, 0.717) is 0 Å². The Morgan fingerprint density at radius 2 is 1.88 bits per heavy atom. The average Bonchev–Trinajstić information content (AvgIpc) is 3.26. The molecule has 0 bridgehead atoms. The molecule has 0 N–H and O–H groups in total. The first-order chi connectivity index (χ1) is 12.2. The second-order valence-electron chi connectivity index (χ2n) is 6.37. The van der Waals surface area contributed by atoms with Gasteiger partial charge in [-0.15, -0.1) is 5.10 Å². The number of aryl methyl sites for hydroxylation is 2. The van der Waals surface area contributed by atoms with Gasteiger partial charge in [-0.3, -0.25) is 0 Å². The van der Waals surface area contributed by atoms with Gasteiger partial charge >= 0.3 is 0 Å². The molecule has 4 rings (SSSR count).